The molecule has 2 atom stereocenters. The highest BCUT2D eigenvalue weighted by Crippen LogP contribution is 2.35. The van der Waals surface area contributed by atoms with E-state index in [0.717, 1.165) is 0 Å². The van der Waals surface area contributed by atoms with Crippen LogP contribution < -0.4 is 16.4 Å². The van der Waals surface area contributed by atoms with E-state index in [2.05, 4.69) is 10.6 Å². The number of anilines is 1. The lowest BCUT2D eigenvalue weighted by Crippen LogP contribution is -2.37. The predicted molar refractivity (Wildman–Crippen MR) is 83.0 cm³/mol. The molecule has 0 bridgehead atoms. The molecule has 0 radical (unpaired) electrons. The second kappa shape index (κ2) is 5.79. The molecule has 0 saturated carbocycles. The average Bonchev–Trinajstić information content (AvgIpc) is 2.81. The molecule has 118 valence electrons. The minimum atomic E-state index is -0.777. The Kier molecular flexibility index (Phi) is 4.21. The number of hydrogen-bond acceptors (Lipinski definition) is 3. The molecule has 1 aromatic rings. The van der Waals surface area contributed by atoms with Crippen molar-refractivity contribution in [3.05, 3.63) is 29.8 Å². The van der Waals surface area contributed by atoms with Crippen LogP contribution in [0.4, 0.5) is 5.69 Å². The van der Waals surface area contributed by atoms with E-state index < -0.39 is 17.7 Å². The average molecular weight is 303 g/mol. The number of benzene rings is 1. The largest absolute Gasteiger partial charge is 0.366 e. The molecule has 3 amide bonds. The fourth-order valence-corrected chi connectivity index (χ4v) is 2.75. The fourth-order valence-electron chi connectivity index (χ4n) is 2.75. The van der Waals surface area contributed by atoms with Gasteiger partial charge in [-0.25, -0.2) is 0 Å². The summed E-state index contributed by atoms with van der Waals surface area (Å²) in [6.45, 7) is 6.46. The van der Waals surface area contributed by atoms with Gasteiger partial charge in [0.25, 0.3) is 5.91 Å². The van der Waals surface area contributed by atoms with Crippen molar-refractivity contribution < 1.29 is 14.4 Å². The Balaban J connectivity index is 2.25. The van der Waals surface area contributed by atoms with E-state index in [4.69, 9.17) is 5.73 Å². The summed E-state index contributed by atoms with van der Waals surface area (Å²) in [5, 5.41) is 5.40. The third-order valence-electron chi connectivity index (χ3n) is 4.03. The normalized spacial score (nSPS) is 21.3. The molecule has 1 aromatic carbocycles. The summed E-state index contributed by atoms with van der Waals surface area (Å²) in [5.74, 6) is -2.21. The molecule has 0 aromatic heterocycles. The topological polar surface area (TPSA) is 101 Å². The Morgan fingerprint density at radius 3 is 2.50 bits per heavy atom. The van der Waals surface area contributed by atoms with Crippen LogP contribution in [0.25, 0.3) is 0 Å². The van der Waals surface area contributed by atoms with E-state index in [1.807, 2.05) is 20.8 Å². The van der Waals surface area contributed by atoms with Crippen molar-refractivity contribution in [1.82, 2.24) is 5.32 Å². The number of primary amides is 1. The van der Waals surface area contributed by atoms with Gasteiger partial charge in [0.05, 0.1) is 11.3 Å². The third kappa shape index (κ3) is 3.10. The molecule has 1 saturated heterocycles. The molecule has 6 nitrogen and oxygen atoms in total. The second-order valence-electron chi connectivity index (χ2n) is 6.59. The molecule has 0 spiro atoms. The molecule has 22 heavy (non-hydrogen) atoms. The zero-order valence-electron chi connectivity index (χ0n) is 13.0. The van der Waals surface area contributed by atoms with E-state index in [-0.39, 0.29) is 22.8 Å². The van der Waals surface area contributed by atoms with Crippen LogP contribution in [-0.2, 0) is 9.59 Å². The molecular weight excluding hydrogens is 282 g/mol. The van der Waals surface area contributed by atoms with E-state index in [1.54, 1.807) is 18.2 Å². The van der Waals surface area contributed by atoms with E-state index in [1.165, 1.54) is 6.07 Å². The minimum Gasteiger partial charge on any atom is -0.366 e. The van der Waals surface area contributed by atoms with Gasteiger partial charge in [-0.1, -0.05) is 32.9 Å². The molecule has 0 aliphatic carbocycles. The Morgan fingerprint density at radius 1 is 1.27 bits per heavy atom. The quantitative estimate of drug-likeness (QED) is 0.730. The number of hydrogen-bond donors (Lipinski definition) is 3. The van der Waals surface area contributed by atoms with Crippen LogP contribution in [0.3, 0.4) is 0 Å². The Morgan fingerprint density at radius 2 is 1.91 bits per heavy atom. The van der Waals surface area contributed by atoms with Gasteiger partial charge >= 0.3 is 0 Å². The van der Waals surface area contributed by atoms with Gasteiger partial charge in [-0.05, 0) is 17.5 Å². The zero-order valence-corrected chi connectivity index (χ0v) is 13.0. The monoisotopic (exact) mass is 303 g/mol. The molecule has 1 aliphatic rings. The Hall–Kier alpha value is -2.37. The SMILES string of the molecule is CC(C)(C)[C@H]1CNC(=O)[C@@H]1C(=O)Nc1ccccc1C(N)=O. The van der Waals surface area contributed by atoms with Crippen LogP contribution in [-0.4, -0.2) is 24.3 Å². The van der Waals surface area contributed by atoms with Crippen LogP contribution >= 0.6 is 0 Å². The molecule has 6 heteroatoms. The lowest BCUT2D eigenvalue weighted by Gasteiger charge is -2.29. The number of para-hydroxylation sites is 1. The van der Waals surface area contributed by atoms with E-state index in [9.17, 15) is 14.4 Å². The molecule has 1 aliphatic heterocycles. The van der Waals surface area contributed by atoms with Crippen LogP contribution in [0, 0.1) is 17.3 Å². The second-order valence-corrected chi connectivity index (χ2v) is 6.59. The maximum Gasteiger partial charge on any atom is 0.250 e. The molecule has 2 rings (SSSR count). The van der Waals surface area contributed by atoms with Crippen molar-refractivity contribution in [3.8, 4) is 0 Å². The van der Waals surface area contributed by atoms with E-state index in [0.29, 0.717) is 12.2 Å². The highest BCUT2D eigenvalue weighted by molar-refractivity contribution is 6.10. The summed E-state index contributed by atoms with van der Waals surface area (Å²) in [4.78, 5) is 36.0. The maximum absolute atomic E-state index is 12.5. The van der Waals surface area contributed by atoms with Gasteiger partial charge in [-0.15, -0.1) is 0 Å². The molecule has 1 heterocycles. The smallest absolute Gasteiger partial charge is 0.250 e. The van der Waals surface area contributed by atoms with Gasteiger partial charge in [0.15, 0.2) is 0 Å². The number of nitrogens with two attached hydrogens (primary N) is 1. The molecule has 0 unspecified atom stereocenters. The van der Waals surface area contributed by atoms with Gasteiger partial charge < -0.3 is 16.4 Å². The van der Waals surface area contributed by atoms with Gasteiger partial charge in [-0.2, -0.15) is 0 Å². The van der Waals surface area contributed by atoms with Gasteiger partial charge in [0.1, 0.15) is 5.92 Å². The van der Waals surface area contributed by atoms with Crippen molar-refractivity contribution in [2.24, 2.45) is 23.0 Å². The zero-order chi connectivity index (χ0) is 16.5. The summed E-state index contributed by atoms with van der Waals surface area (Å²) >= 11 is 0. The summed E-state index contributed by atoms with van der Waals surface area (Å²) < 4.78 is 0. The first-order valence-electron chi connectivity index (χ1n) is 7.19. The lowest BCUT2D eigenvalue weighted by molar-refractivity contribution is -0.132. The Labute approximate surface area is 129 Å². The van der Waals surface area contributed by atoms with Gasteiger partial charge in [-0.3, -0.25) is 14.4 Å². The fraction of sp³-hybridized carbons (Fsp3) is 0.438. The molecule has 1 fully saturated rings. The first kappa shape index (κ1) is 16.0. The van der Waals surface area contributed by atoms with Crippen LogP contribution in [0.1, 0.15) is 31.1 Å². The summed E-state index contributed by atoms with van der Waals surface area (Å²) in [6.07, 6.45) is 0. The van der Waals surface area contributed by atoms with Crippen LogP contribution in [0.15, 0.2) is 24.3 Å². The summed E-state index contributed by atoms with van der Waals surface area (Å²) in [6, 6.07) is 6.48. The van der Waals surface area contributed by atoms with Crippen LogP contribution in [0.5, 0.6) is 0 Å². The van der Waals surface area contributed by atoms with Crippen molar-refractivity contribution >= 4 is 23.4 Å². The van der Waals surface area contributed by atoms with Crippen LogP contribution in [0.2, 0.25) is 0 Å². The summed E-state index contributed by atoms with van der Waals surface area (Å²) in [7, 11) is 0. The number of amides is 3. The number of rotatable bonds is 3. The van der Waals surface area contributed by atoms with Crippen molar-refractivity contribution in [2.45, 2.75) is 20.8 Å². The molecular formula is C16H21N3O3. The predicted octanol–water partition coefficient (Wildman–Crippen LogP) is 1.13. The maximum atomic E-state index is 12.5. The molecule has 4 N–H and O–H groups in total. The Bertz CT molecular complexity index is 619. The number of nitrogens with one attached hydrogen (secondary N) is 2. The highest BCUT2D eigenvalue weighted by Gasteiger charge is 2.45. The first-order valence-corrected chi connectivity index (χ1v) is 7.19. The van der Waals surface area contributed by atoms with Gasteiger partial charge in [0.2, 0.25) is 11.8 Å². The standard InChI is InChI=1S/C16H21N3O3/c1-16(2,3)10-8-18-14(21)12(10)15(22)19-11-7-5-4-6-9(11)13(17)20/h4-7,10,12H,8H2,1-3H3,(H2,17,20)(H,18,21)(H,19,22)/t10-,12+/m0/s1. The minimum absolute atomic E-state index is 0.110. The van der Waals surface area contributed by atoms with E-state index >= 15 is 0 Å². The summed E-state index contributed by atoms with van der Waals surface area (Å²) in [5.41, 5.74) is 5.66. The van der Waals surface area contributed by atoms with Gasteiger partial charge in [0, 0.05) is 12.5 Å². The number of carbonyl (C=O) groups excluding carboxylic acids is 3. The third-order valence-corrected chi connectivity index (χ3v) is 4.03. The van der Waals surface area contributed by atoms with Crippen molar-refractivity contribution in [3.63, 3.8) is 0 Å². The van der Waals surface area contributed by atoms with Crippen molar-refractivity contribution in [1.29, 1.82) is 0 Å². The van der Waals surface area contributed by atoms with Crippen molar-refractivity contribution in [2.75, 3.05) is 11.9 Å². The lowest BCUT2D eigenvalue weighted by atomic mass is 9.74. The first-order chi connectivity index (χ1) is 10.2. The highest BCUT2D eigenvalue weighted by atomic mass is 16.2. The number of carbonyl (C=O) groups is 3.